The molecule has 0 radical (unpaired) electrons. The first-order valence-electron chi connectivity index (χ1n) is 8.21. The standard InChI is InChI=1S/C19H15Cl2N3O4/c1-10(17(25)22-15-9-11(20)7-8-14(15)21)28-19(27)16-12-5-3-4-6-13(12)18(26)24(2)23-16/h3-10H,1-2H3,(H,22,25). The van der Waals surface area contributed by atoms with E-state index in [4.69, 9.17) is 27.9 Å². The van der Waals surface area contributed by atoms with Gasteiger partial charge in [-0.2, -0.15) is 5.10 Å². The molecule has 0 aliphatic carbocycles. The summed E-state index contributed by atoms with van der Waals surface area (Å²) in [4.78, 5) is 37.1. The maximum atomic E-state index is 12.6. The molecule has 1 N–H and O–H groups in total. The normalized spacial score (nSPS) is 11.9. The number of hydrogen-bond acceptors (Lipinski definition) is 5. The molecule has 1 heterocycles. The minimum absolute atomic E-state index is 0.0573. The van der Waals surface area contributed by atoms with Gasteiger partial charge in [-0.05, 0) is 31.2 Å². The highest BCUT2D eigenvalue weighted by atomic mass is 35.5. The number of aryl methyl sites for hydroxylation is 1. The van der Waals surface area contributed by atoms with Crippen molar-refractivity contribution in [2.45, 2.75) is 13.0 Å². The lowest BCUT2D eigenvalue weighted by molar-refractivity contribution is -0.123. The molecule has 1 unspecified atom stereocenters. The van der Waals surface area contributed by atoms with Gasteiger partial charge in [0.1, 0.15) is 0 Å². The minimum Gasteiger partial charge on any atom is -0.448 e. The van der Waals surface area contributed by atoms with E-state index >= 15 is 0 Å². The second-order valence-electron chi connectivity index (χ2n) is 5.98. The Labute approximate surface area is 169 Å². The van der Waals surface area contributed by atoms with Crippen LogP contribution in [0.4, 0.5) is 5.69 Å². The van der Waals surface area contributed by atoms with Crippen LogP contribution < -0.4 is 10.9 Å². The number of aromatic nitrogens is 2. The molecule has 144 valence electrons. The molecule has 3 rings (SSSR count). The zero-order valence-corrected chi connectivity index (χ0v) is 16.4. The Kier molecular flexibility index (Phi) is 5.67. The number of halogens is 2. The lowest BCUT2D eigenvalue weighted by Crippen LogP contribution is -2.31. The fourth-order valence-electron chi connectivity index (χ4n) is 2.55. The van der Waals surface area contributed by atoms with Gasteiger partial charge in [0.2, 0.25) is 0 Å². The Balaban J connectivity index is 1.82. The highest BCUT2D eigenvalue weighted by molar-refractivity contribution is 6.35. The van der Waals surface area contributed by atoms with Crippen molar-refractivity contribution in [2.24, 2.45) is 7.05 Å². The molecule has 0 spiro atoms. The molecule has 0 bridgehead atoms. The zero-order valence-electron chi connectivity index (χ0n) is 14.9. The summed E-state index contributed by atoms with van der Waals surface area (Å²) in [7, 11) is 1.43. The maximum Gasteiger partial charge on any atom is 0.360 e. The van der Waals surface area contributed by atoms with Crippen LogP contribution in [-0.4, -0.2) is 27.8 Å². The van der Waals surface area contributed by atoms with Gasteiger partial charge in [-0.3, -0.25) is 9.59 Å². The molecule has 1 aromatic heterocycles. The first-order chi connectivity index (χ1) is 13.3. The molecule has 1 atom stereocenters. The van der Waals surface area contributed by atoms with Gasteiger partial charge >= 0.3 is 5.97 Å². The Morgan fingerprint density at radius 3 is 2.54 bits per heavy atom. The van der Waals surface area contributed by atoms with E-state index in [-0.39, 0.29) is 11.3 Å². The van der Waals surface area contributed by atoms with Gasteiger partial charge in [0.25, 0.3) is 11.5 Å². The van der Waals surface area contributed by atoms with E-state index < -0.39 is 18.0 Å². The molecule has 1 amide bonds. The van der Waals surface area contributed by atoms with Crippen molar-refractivity contribution in [3.63, 3.8) is 0 Å². The fourth-order valence-corrected chi connectivity index (χ4v) is 2.88. The van der Waals surface area contributed by atoms with Crippen LogP contribution >= 0.6 is 23.2 Å². The number of rotatable bonds is 4. The Bertz CT molecular complexity index is 1140. The summed E-state index contributed by atoms with van der Waals surface area (Å²) in [5, 5.41) is 7.90. The molecule has 3 aromatic rings. The average Bonchev–Trinajstić information content (AvgIpc) is 2.67. The van der Waals surface area contributed by atoms with Crippen LogP contribution in [0.2, 0.25) is 10.0 Å². The van der Waals surface area contributed by atoms with Crippen molar-refractivity contribution in [1.82, 2.24) is 9.78 Å². The smallest absolute Gasteiger partial charge is 0.360 e. The van der Waals surface area contributed by atoms with Crippen molar-refractivity contribution >= 4 is 51.5 Å². The Morgan fingerprint density at radius 2 is 1.82 bits per heavy atom. The van der Waals surface area contributed by atoms with Gasteiger partial charge in [-0.25, -0.2) is 9.48 Å². The molecule has 0 aliphatic heterocycles. The molecule has 7 nitrogen and oxygen atoms in total. The van der Waals surface area contributed by atoms with Crippen LogP contribution in [0.1, 0.15) is 17.4 Å². The third-order valence-corrected chi connectivity index (χ3v) is 4.55. The van der Waals surface area contributed by atoms with Crippen LogP contribution in [0, 0.1) is 0 Å². The van der Waals surface area contributed by atoms with Gasteiger partial charge in [0, 0.05) is 17.5 Å². The number of carbonyl (C=O) groups excluding carboxylic acids is 2. The molecule has 0 fully saturated rings. The van der Waals surface area contributed by atoms with Gasteiger partial charge in [-0.1, -0.05) is 41.4 Å². The van der Waals surface area contributed by atoms with E-state index in [0.29, 0.717) is 26.5 Å². The Hall–Kier alpha value is -2.90. The average molecular weight is 420 g/mol. The zero-order chi connectivity index (χ0) is 20.4. The largest absolute Gasteiger partial charge is 0.448 e. The molecule has 2 aromatic carbocycles. The monoisotopic (exact) mass is 419 g/mol. The lowest BCUT2D eigenvalue weighted by atomic mass is 10.1. The quantitative estimate of drug-likeness (QED) is 0.654. The highest BCUT2D eigenvalue weighted by Crippen LogP contribution is 2.25. The van der Waals surface area contributed by atoms with E-state index in [1.54, 1.807) is 30.3 Å². The molecule has 0 aliphatic rings. The van der Waals surface area contributed by atoms with Gasteiger partial charge in [0.05, 0.1) is 16.1 Å². The molecule has 0 saturated heterocycles. The molecule has 0 saturated carbocycles. The summed E-state index contributed by atoms with van der Waals surface area (Å²) in [6.45, 7) is 1.41. The number of esters is 1. The van der Waals surface area contributed by atoms with Crippen molar-refractivity contribution in [3.8, 4) is 0 Å². The number of nitrogens with zero attached hydrogens (tertiary/aromatic N) is 2. The SMILES string of the molecule is CC(OC(=O)c1nn(C)c(=O)c2ccccc12)C(=O)Nc1cc(Cl)ccc1Cl. The molecular weight excluding hydrogens is 405 g/mol. The van der Waals surface area contributed by atoms with E-state index in [2.05, 4.69) is 10.4 Å². The third-order valence-electron chi connectivity index (χ3n) is 3.99. The number of carbonyl (C=O) groups is 2. The number of anilines is 1. The third kappa shape index (κ3) is 4.00. The summed E-state index contributed by atoms with van der Waals surface area (Å²) >= 11 is 11.9. The van der Waals surface area contributed by atoms with Gasteiger partial charge < -0.3 is 10.1 Å². The van der Waals surface area contributed by atoms with E-state index in [1.165, 1.54) is 26.1 Å². The minimum atomic E-state index is -1.14. The van der Waals surface area contributed by atoms with Crippen LogP contribution in [0.25, 0.3) is 10.8 Å². The fraction of sp³-hybridized carbons (Fsp3) is 0.158. The van der Waals surface area contributed by atoms with E-state index in [1.807, 2.05) is 0 Å². The number of fused-ring (bicyclic) bond motifs is 1. The van der Waals surface area contributed by atoms with Crippen LogP contribution in [0.3, 0.4) is 0 Å². The molecule has 28 heavy (non-hydrogen) atoms. The summed E-state index contributed by atoms with van der Waals surface area (Å²) in [5.74, 6) is -1.42. The van der Waals surface area contributed by atoms with Crippen molar-refractivity contribution in [2.75, 3.05) is 5.32 Å². The summed E-state index contributed by atoms with van der Waals surface area (Å²) in [6, 6.07) is 11.2. The highest BCUT2D eigenvalue weighted by Gasteiger charge is 2.23. The van der Waals surface area contributed by atoms with Crippen molar-refractivity contribution < 1.29 is 14.3 Å². The maximum absolute atomic E-state index is 12.6. The first kappa shape index (κ1) is 19.9. The number of nitrogens with one attached hydrogen (secondary N) is 1. The van der Waals surface area contributed by atoms with E-state index in [0.717, 1.165) is 4.68 Å². The van der Waals surface area contributed by atoms with Crippen LogP contribution in [0.15, 0.2) is 47.3 Å². The van der Waals surface area contributed by atoms with Crippen LogP contribution in [0.5, 0.6) is 0 Å². The predicted octanol–water partition coefficient (Wildman–Crippen LogP) is 3.42. The summed E-state index contributed by atoms with van der Waals surface area (Å²) in [5.41, 5.74) is -0.0978. The van der Waals surface area contributed by atoms with Crippen molar-refractivity contribution in [1.29, 1.82) is 0 Å². The number of benzene rings is 2. The number of ether oxygens (including phenoxy) is 1. The summed E-state index contributed by atoms with van der Waals surface area (Å²) < 4.78 is 6.29. The second kappa shape index (κ2) is 8.00. The molecule has 9 heteroatoms. The lowest BCUT2D eigenvalue weighted by Gasteiger charge is -2.15. The van der Waals surface area contributed by atoms with Crippen molar-refractivity contribution in [3.05, 3.63) is 68.6 Å². The topological polar surface area (TPSA) is 90.3 Å². The van der Waals surface area contributed by atoms with Crippen LogP contribution in [-0.2, 0) is 16.6 Å². The number of hydrogen-bond donors (Lipinski definition) is 1. The number of amides is 1. The first-order valence-corrected chi connectivity index (χ1v) is 8.96. The Morgan fingerprint density at radius 1 is 1.14 bits per heavy atom. The summed E-state index contributed by atoms with van der Waals surface area (Å²) in [6.07, 6.45) is -1.14. The predicted molar refractivity (Wildman–Crippen MR) is 107 cm³/mol. The molecular formula is C19H15Cl2N3O4. The van der Waals surface area contributed by atoms with Gasteiger partial charge in [0.15, 0.2) is 11.8 Å². The van der Waals surface area contributed by atoms with E-state index in [9.17, 15) is 14.4 Å². The second-order valence-corrected chi connectivity index (χ2v) is 6.83. The van der Waals surface area contributed by atoms with Gasteiger partial charge in [-0.15, -0.1) is 0 Å².